The fraction of sp³-hybridized carbons (Fsp3) is 0.667. The van der Waals surface area contributed by atoms with Crippen molar-refractivity contribution in [2.45, 2.75) is 39.4 Å². The van der Waals surface area contributed by atoms with Gasteiger partial charge in [-0.1, -0.05) is 0 Å². The van der Waals surface area contributed by atoms with Crippen LogP contribution in [0.5, 0.6) is 0 Å². The van der Waals surface area contributed by atoms with E-state index in [1.807, 2.05) is 0 Å². The van der Waals surface area contributed by atoms with Crippen molar-refractivity contribution in [3.8, 4) is 0 Å². The Bertz CT molecular complexity index is 490. The van der Waals surface area contributed by atoms with E-state index in [1.165, 1.54) is 0 Å². The van der Waals surface area contributed by atoms with Crippen molar-refractivity contribution in [3.63, 3.8) is 0 Å². The van der Waals surface area contributed by atoms with Crippen molar-refractivity contribution in [1.82, 2.24) is 4.72 Å². The summed E-state index contributed by atoms with van der Waals surface area (Å²) in [6.07, 6.45) is 0.0774. The zero-order valence-corrected chi connectivity index (χ0v) is 12.0. The van der Waals surface area contributed by atoms with Crippen LogP contribution in [0.4, 0.5) is 0 Å². The summed E-state index contributed by atoms with van der Waals surface area (Å²) >= 11 is 0. The number of nitrogens with one attached hydrogen (secondary N) is 1. The summed E-state index contributed by atoms with van der Waals surface area (Å²) in [4.78, 5) is 0. The summed E-state index contributed by atoms with van der Waals surface area (Å²) < 4.78 is 24.3. The van der Waals surface area contributed by atoms with Gasteiger partial charge in [0.15, 0.2) is 0 Å². The van der Waals surface area contributed by atoms with Gasteiger partial charge in [-0.25, -0.2) is 13.1 Å². The fourth-order valence-corrected chi connectivity index (χ4v) is 2.59. The summed E-state index contributed by atoms with van der Waals surface area (Å²) in [5.41, 5.74) is 2.91. The van der Waals surface area contributed by atoms with Crippen molar-refractivity contribution < 1.29 is 18.6 Å². The molecule has 6 heteroatoms. The molecule has 1 aliphatic carbocycles. The molecule has 0 fully saturated rings. The van der Waals surface area contributed by atoms with E-state index in [2.05, 4.69) is 4.72 Å². The first-order valence-corrected chi connectivity index (χ1v) is 7.72. The predicted octanol–water partition coefficient (Wildman–Crippen LogP) is 0.314. The van der Waals surface area contributed by atoms with Crippen LogP contribution in [-0.4, -0.2) is 43.6 Å². The molecule has 0 saturated heterocycles. The Labute approximate surface area is 108 Å². The number of aliphatic hydroxyl groups excluding tert-OH is 2. The molecule has 1 rings (SSSR count). The maximum absolute atomic E-state index is 11.0. The number of hydrogen-bond acceptors (Lipinski definition) is 4. The Balaban J connectivity index is 2.82. The first-order valence-electron chi connectivity index (χ1n) is 5.82. The lowest BCUT2D eigenvalue weighted by Crippen LogP contribution is -2.30. The van der Waals surface area contributed by atoms with E-state index < -0.39 is 22.2 Å². The molecule has 0 saturated carbocycles. The predicted molar refractivity (Wildman–Crippen MR) is 70.6 cm³/mol. The third kappa shape index (κ3) is 3.41. The fourth-order valence-electron chi connectivity index (χ4n) is 2.11. The van der Waals surface area contributed by atoms with E-state index in [0.29, 0.717) is 17.6 Å². The van der Waals surface area contributed by atoms with E-state index in [-0.39, 0.29) is 6.54 Å². The molecule has 1 aliphatic rings. The van der Waals surface area contributed by atoms with Crippen molar-refractivity contribution in [2.24, 2.45) is 0 Å². The minimum atomic E-state index is -3.23. The minimum absolute atomic E-state index is 0.224. The van der Waals surface area contributed by atoms with Crippen LogP contribution in [0.3, 0.4) is 0 Å². The Morgan fingerprint density at radius 2 is 1.56 bits per heavy atom. The maximum Gasteiger partial charge on any atom is 0.208 e. The third-order valence-electron chi connectivity index (χ3n) is 3.45. The smallest absolute Gasteiger partial charge is 0.208 e. The summed E-state index contributed by atoms with van der Waals surface area (Å²) in [6.45, 7) is 5.55. The molecule has 0 aromatic heterocycles. The van der Waals surface area contributed by atoms with Gasteiger partial charge in [0.25, 0.3) is 0 Å². The Kier molecular flexibility index (Phi) is 4.72. The molecular formula is C12H21NO4S. The number of sulfonamides is 1. The Morgan fingerprint density at radius 1 is 1.06 bits per heavy atom. The molecule has 0 spiro atoms. The van der Waals surface area contributed by atoms with E-state index in [9.17, 15) is 18.6 Å². The van der Waals surface area contributed by atoms with Crippen LogP contribution in [0.25, 0.3) is 0 Å². The highest BCUT2D eigenvalue weighted by Gasteiger charge is 2.27. The normalized spacial score (nSPS) is 25.9. The number of hydrogen-bond donors (Lipinski definition) is 3. The molecular weight excluding hydrogens is 254 g/mol. The maximum atomic E-state index is 11.0. The van der Waals surface area contributed by atoms with Gasteiger partial charge in [0, 0.05) is 6.54 Å². The van der Waals surface area contributed by atoms with Crippen LogP contribution in [0.1, 0.15) is 27.2 Å². The molecule has 0 bridgehead atoms. The van der Waals surface area contributed by atoms with Crippen LogP contribution in [-0.2, 0) is 10.0 Å². The van der Waals surface area contributed by atoms with Crippen LogP contribution in [0.15, 0.2) is 22.3 Å². The lowest BCUT2D eigenvalue weighted by Gasteiger charge is -2.30. The highest BCUT2D eigenvalue weighted by atomic mass is 32.2. The summed E-state index contributed by atoms with van der Waals surface area (Å²) in [6, 6.07) is 0. The quantitative estimate of drug-likeness (QED) is 0.645. The van der Waals surface area contributed by atoms with Crippen LogP contribution in [0, 0.1) is 0 Å². The number of aliphatic hydroxyl groups is 2. The Hall–Kier alpha value is -0.690. The molecule has 2 atom stereocenters. The van der Waals surface area contributed by atoms with Gasteiger partial charge in [-0.05, 0) is 49.5 Å². The van der Waals surface area contributed by atoms with Crippen LogP contribution >= 0.6 is 0 Å². The highest BCUT2D eigenvalue weighted by Crippen LogP contribution is 2.31. The van der Waals surface area contributed by atoms with Gasteiger partial charge in [-0.15, -0.1) is 0 Å². The van der Waals surface area contributed by atoms with E-state index >= 15 is 0 Å². The Morgan fingerprint density at radius 3 is 2.06 bits per heavy atom. The van der Waals surface area contributed by atoms with Gasteiger partial charge < -0.3 is 10.2 Å². The van der Waals surface area contributed by atoms with E-state index in [4.69, 9.17) is 0 Å². The van der Waals surface area contributed by atoms with Crippen LogP contribution < -0.4 is 4.72 Å². The molecule has 0 aromatic rings. The second-order valence-corrected chi connectivity index (χ2v) is 6.63. The molecule has 5 nitrogen and oxygen atoms in total. The summed E-state index contributed by atoms with van der Waals surface area (Å²) in [7, 11) is -3.23. The van der Waals surface area contributed by atoms with Crippen LogP contribution in [0.2, 0.25) is 0 Å². The molecule has 104 valence electrons. The summed E-state index contributed by atoms with van der Waals surface area (Å²) in [5.74, 6) is 0. The average Bonchev–Trinajstić information content (AvgIpc) is 2.27. The van der Waals surface area contributed by atoms with Crippen molar-refractivity contribution in [1.29, 1.82) is 0 Å². The topological polar surface area (TPSA) is 86.6 Å². The zero-order valence-electron chi connectivity index (χ0n) is 11.2. The molecule has 18 heavy (non-hydrogen) atoms. The first-order chi connectivity index (χ1) is 8.15. The summed E-state index contributed by atoms with van der Waals surface area (Å²) in [5, 5.41) is 20.1. The van der Waals surface area contributed by atoms with Gasteiger partial charge >= 0.3 is 0 Å². The minimum Gasteiger partial charge on any atom is -0.384 e. The van der Waals surface area contributed by atoms with Crippen molar-refractivity contribution in [3.05, 3.63) is 22.3 Å². The van der Waals surface area contributed by atoms with Gasteiger partial charge in [0.1, 0.15) is 0 Å². The third-order valence-corrected chi connectivity index (χ3v) is 4.18. The van der Waals surface area contributed by atoms with E-state index in [1.54, 1.807) is 20.8 Å². The van der Waals surface area contributed by atoms with Gasteiger partial charge in [-0.3, -0.25) is 0 Å². The molecule has 0 amide bonds. The molecule has 0 aliphatic heterocycles. The lowest BCUT2D eigenvalue weighted by molar-refractivity contribution is 0.199. The average molecular weight is 275 g/mol. The SMILES string of the molecule is CC1=C(C)C(O)C(CCNS(C)(=O)=O)=C(C)C1O. The van der Waals surface area contributed by atoms with Crippen molar-refractivity contribution in [2.75, 3.05) is 12.8 Å². The van der Waals surface area contributed by atoms with E-state index in [0.717, 1.165) is 17.4 Å². The van der Waals surface area contributed by atoms with Gasteiger partial charge in [-0.2, -0.15) is 0 Å². The molecule has 0 aromatic carbocycles. The monoisotopic (exact) mass is 275 g/mol. The first kappa shape index (κ1) is 15.4. The molecule has 0 heterocycles. The highest BCUT2D eigenvalue weighted by molar-refractivity contribution is 7.88. The largest absolute Gasteiger partial charge is 0.384 e. The number of rotatable bonds is 4. The second kappa shape index (κ2) is 5.52. The second-order valence-electron chi connectivity index (χ2n) is 4.80. The van der Waals surface area contributed by atoms with Gasteiger partial charge in [0.05, 0.1) is 18.5 Å². The standard InChI is InChI=1S/C12H21NO4S/c1-7-8(2)12(15)10(9(3)11(7)14)5-6-13-18(4,16)17/h11-15H,5-6H2,1-4H3. The zero-order chi connectivity index (χ0) is 14.1. The molecule has 3 N–H and O–H groups in total. The van der Waals surface area contributed by atoms with Crippen molar-refractivity contribution >= 4 is 10.0 Å². The molecule has 0 radical (unpaired) electrons. The van der Waals surface area contributed by atoms with Gasteiger partial charge in [0.2, 0.25) is 10.0 Å². The molecule has 2 unspecified atom stereocenters. The lowest BCUT2D eigenvalue weighted by atomic mass is 9.82.